The van der Waals surface area contributed by atoms with Crippen LogP contribution in [-0.4, -0.2) is 57.8 Å². The number of allylic oxidation sites excluding steroid dienone is 1. The topological polar surface area (TPSA) is 114 Å². The minimum Gasteiger partial charge on any atom is -0.461 e. The van der Waals surface area contributed by atoms with Crippen molar-refractivity contribution in [3.63, 3.8) is 0 Å². The zero-order valence-corrected chi connectivity index (χ0v) is 19.6. The molecule has 2 atom stereocenters. The third-order valence-corrected chi connectivity index (χ3v) is 4.98. The van der Waals surface area contributed by atoms with Crippen LogP contribution in [0.1, 0.15) is 39.2 Å². The number of carbonyl (C=O) groups is 4. The highest BCUT2D eigenvalue weighted by atomic mass is 16.5. The molecule has 0 aliphatic rings. The third kappa shape index (κ3) is 12.6. The van der Waals surface area contributed by atoms with E-state index in [0.717, 1.165) is 11.8 Å². The van der Waals surface area contributed by atoms with E-state index in [0.29, 0.717) is 19.3 Å². The van der Waals surface area contributed by atoms with E-state index in [-0.39, 0.29) is 43.5 Å². The van der Waals surface area contributed by atoms with Crippen molar-refractivity contribution in [3.8, 4) is 0 Å². The van der Waals surface area contributed by atoms with E-state index in [1.165, 1.54) is 6.08 Å². The Kier molecular flexibility index (Phi) is 12.8. The van der Waals surface area contributed by atoms with Crippen molar-refractivity contribution in [3.05, 3.63) is 48.0 Å². The lowest BCUT2D eigenvalue weighted by atomic mass is 9.93. The van der Waals surface area contributed by atoms with Gasteiger partial charge in [0.05, 0.1) is 13.1 Å². The molecule has 33 heavy (non-hydrogen) atoms. The number of nitrogens with one attached hydrogen (secondary N) is 3. The Morgan fingerprint density at radius 2 is 1.82 bits per heavy atom. The number of rotatable bonds is 15. The molecule has 9 heteroatoms. The van der Waals surface area contributed by atoms with E-state index < -0.39 is 11.4 Å². The first-order chi connectivity index (χ1) is 15.7. The normalized spacial score (nSPS) is 13.2. The minimum absolute atomic E-state index is 0.0478. The largest absolute Gasteiger partial charge is 0.461 e. The van der Waals surface area contributed by atoms with Gasteiger partial charge in [-0.3, -0.25) is 14.4 Å². The van der Waals surface area contributed by atoms with Gasteiger partial charge in [-0.05, 0) is 30.4 Å². The monoisotopic (exact) mass is 455 g/mol. The summed E-state index contributed by atoms with van der Waals surface area (Å²) in [5.41, 5.74) is 0.414. The highest BCUT2D eigenvalue weighted by Crippen LogP contribution is 2.19. The fourth-order valence-corrected chi connectivity index (χ4v) is 2.89. The van der Waals surface area contributed by atoms with Crippen LogP contribution in [-0.2, 0) is 30.3 Å². The van der Waals surface area contributed by atoms with Gasteiger partial charge in [-0.25, -0.2) is 0 Å². The summed E-state index contributed by atoms with van der Waals surface area (Å²) in [6.07, 6.45) is 5.44. The second-order valence-electron chi connectivity index (χ2n) is 8.66. The molecule has 2 amide bonds. The van der Waals surface area contributed by atoms with Crippen LogP contribution in [0.4, 0.5) is 0 Å². The predicted octanol–water partition coefficient (Wildman–Crippen LogP) is 1.24. The Morgan fingerprint density at radius 1 is 1.12 bits per heavy atom. The number of hydrogen-bond donors (Lipinski definition) is 3. The van der Waals surface area contributed by atoms with Crippen LogP contribution in [0.3, 0.4) is 0 Å². The van der Waals surface area contributed by atoms with E-state index in [1.807, 2.05) is 37.3 Å². The first-order valence-corrected chi connectivity index (χ1v) is 11.0. The fraction of sp³-hybridized carbons (Fsp3) is 0.500. The number of hydrogen-bond acceptors (Lipinski definition) is 6. The number of aldehydes is 1. The molecule has 2 unspecified atom stereocenters. The van der Waals surface area contributed by atoms with Crippen LogP contribution in [0.15, 0.2) is 42.5 Å². The van der Waals surface area contributed by atoms with Crippen LogP contribution >= 0.6 is 0 Å². The van der Waals surface area contributed by atoms with E-state index >= 15 is 0 Å². The van der Waals surface area contributed by atoms with Crippen LogP contribution < -0.4 is 15.9 Å². The number of carbonyl (C=O) groups excluding carboxylic acids is 4. The second kappa shape index (κ2) is 15.0. The number of esters is 1. The molecule has 0 bridgehead atoms. The average molecular weight is 455 g/mol. The van der Waals surface area contributed by atoms with Crippen molar-refractivity contribution in [2.24, 2.45) is 11.3 Å². The fourth-order valence-electron chi connectivity index (χ4n) is 2.89. The van der Waals surface area contributed by atoms with E-state index in [2.05, 4.69) is 15.9 Å². The van der Waals surface area contributed by atoms with Crippen molar-refractivity contribution < 1.29 is 23.9 Å². The molecule has 3 N–H and O–H groups in total. The van der Waals surface area contributed by atoms with Crippen LogP contribution in [0.25, 0.3) is 0 Å². The summed E-state index contributed by atoms with van der Waals surface area (Å²) in [6.45, 7) is 5.38. The summed E-state index contributed by atoms with van der Waals surface area (Å²) in [7, 11) is 5.21. The van der Waals surface area contributed by atoms with Crippen molar-refractivity contribution in [2.45, 2.75) is 46.1 Å². The molecule has 178 valence electrons. The molecule has 0 spiro atoms. The molecule has 0 aliphatic heterocycles. The molecule has 0 aliphatic carbocycles. The maximum absolute atomic E-state index is 11.9. The van der Waals surface area contributed by atoms with Gasteiger partial charge in [0, 0.05) is 18.4 Å². The molecule has 0 fully saturated rings. The Balaban J connectivity index is 2.46. The van der Waals surface area contributed by atoms with Crippen LogP contribution in [0.5, 0.6) is 0 Å². The molecule has 1 aromatic carbocycles. The predicted molar refractivity (Wildman–Crippen MR) is 127 cm³/mol. The summed E-state index contributed by atoms with van der Waals surface area (Å²) < 4.78 is 5.60. The lowest BCUT2D eigenvalue weighted by molar-refractivity contribution is -0.150. The number of ether oxygens (including phenoxy) is 1. The lowest BCUT2D eigenvalue weighted by Crippen LogP contribution is -2.40. The van der Waals surface area contributed by atoms with E-state index in [9.17, 15) is 19.2 Å². The van der Waals surface area contributed by atoms with E-state index in [1.54, 1.807) is 19.9 Å². The molecular weight excluding hydrogens is 421 g/mol. The standard InChI is InChI=1S/C24H34BN3O5/c1-18(20(33-23(32)15-28-25)13-19-10-5-4-6-11-19)9-7-8-12-21(30)26-14-22(31)27-16-24(2,3)17-29/h4-6,8,10-12,17-18,20,28H,7,9,13-16H2,1-3H3,(H,26,30)(H,27,31)/b12-8+. The van der Waals surface area contributed by atoms with Crippen LogP contribution in [0.2, 0.25) is 0 Å². The molecule has 0 saturated carbocycles. The third-order valence-electron chi connectivity index (χ3n) is 4.98. The first-order valence-electron chi connectivity index (χ1n) is 11.0. The Morgan fingerprint density at radius 3 is 2.45 bits per heavy atom. The Bertz CT molecular complexity index is 799. The summed E-state index contributed by atoms with van der Waals surface area (Å²) in [5.74, 6) is -1.12. The summed E-state index contributed by atoms with van der Waals surface area (Å²) >= 11 is 0. The van der Waals surface area contributed by atoms with Gasteiger partial charge in [-0.1, -0.05) is 57.2 Å². The quantitative estimate of drug-likeness (QED) is 0.159. The first kappa shape index (κ1) is 28.1. The Hall–Kier alpha value is -2.94. The molecule has 0 saturated heterocycles. The minimum atomic E-state index is -0.649. The van der Waals surface area contributed by atoms with Crippen molar-refractivity contribution >= 4 is 32.1 Å². The summed E-state index contributed by atoms with van der Waals surface area (Å²) in [5, 5.41) is 7.42. The van der Waals surface area contributed by atoms with Gasteiger partial charge >= 0.3 is 5.97 Å². The lowest BCUT2D eigenvalue weighted by Gasteiger charge is -2.24. The number of benzene rings is 1. The van der Waals surface area contributed by atoms with Gasteiger partial charge in [0.25, 0.3) is 0 Å². The smallest absolute Gasteiger partial charge is 0.319 e. The van der Waals surface area contributed by atoms with Crippen molar-refractivity contribution in [1.29, 1.82) is 0 Å². The van der Waals surface area contributed by atoms with Gasteiger partial charge in [0.2, 0.25) is 11.8 Å². The van der Waals surface area contributed by atoms with Gasteiger partial charge in [0.1, 0.15) is 12.4 Å². The van der Waals surface area contributed by atoms with Gasteiger partial charge in [-0.2, -0.15) is 0 Å². The molecule has 8 nitrogen and oxygen atoms in total. The molecule has 2 radical (unpaired) electrons. The molecule has 1 rings (SSSR count). The van der Waals surface area contributed by atoms with Gasteiger partial charge < -0.3 is 25.4 Å². The highest BCUT2D eigenvalue weighted by Gasteiger charge is 2.21. The maximum Gasteiger partial charge on any atom is 0.319 e. The van der Waals surface area contributed by atoms with Crippen molar-refractivity contribution in [2.75, 3.05) is 19.6 Å². The zero-order valence-electron chi connectivity index (χ0n) is 19.6. The molecule has 0 heterocycles. The SMILES string of the molecule is [B]NCC(=O)OC(Cc1ccccc1)C(C)CC/C=C/C(=O)NCC(=O)NCC(C)(C)C=O. The molecule has 1 aromatic rings. The Labute approximate surface area is 197 Å². The molecular formula is C24H34BN3O5. The highest BCUT2D eigenvalue weighted by molar-refractivity contribution is 6.05. The van der Waals surface area contributed by atoms with Gasteiger partial charge in [0.15, 0.2) is 7.98 Å². The van der Waals surface area contributed by atoms with Crippen molar-refractivity contribution in [1.82, 2.24) is 15.9 Å². The average Bonchev–Trinajstić information content (AvgIpc) is 2.79. The summed E-state index contributed by atoms with van der Waals surface area (Å²) in [6, 6.07) is 9.76. The molecule has 0 aromatic heterocycles. The van der Waals surface area contributed by atoms with Gasteiger partial charge in [-0.15, -0.1) is 0 Å². The zero-order chi connectivity index (χ0) is 24.7. The number of amides is 2. The van der Waals surface area contributed by atoms with Crippen LogP contribution in [0, 0.1) is 11.3 Å². The second-order valence-corrected chi connectivity index (χ2v) is 8.66. The maximum atomic E-state index is 11.9. The van der Waals surface area contributed by atoms with E-state index in [4.69, 9.17) is 12.7 Å². The summed E-state index contributed by atoms with van der Waals surface area (Å²) in [4.78, 5) is 46.5.